The van der Waals surface area contributed by atoms with Crippen LogP contribution in [0.1, 0.15) is 20.3 Å². The van der Waals surface area contributed by atoms with Crippen LogP contribution in [0.25, 0.3) is 0 Å². The monoisotopic (exact) mass is 214 g/mol. The molecule has 4 heteroatoms. The molecule has 0 bridgehead atoms. The summed E-state index contributed by atoms with van der Waals surface area (Å²) in [6.07, 6.45) is 0.958. The van der Waals surface area contributed by atoms with Crippen LogP contribution in [0.3, 0.4) is 0 Å². The van der Waals surface area contributed by atoms with Crippen LogP contribution < -0.4 is 5.32 Å². The van der Waals surface area contributed by atoms with E-state index >= 15 is 0 Å². The molecule has 0 aromatic rings. The van der Waals surface area contributed by atoms with Crippen molar-refractivity contribution < 1.29 is 9.53 Å². The second-order valence-corrected chi connectivity index (χ2v) is 4.00. The van der Waals surface area contributed by atoms with Crippen molar-refractivity contribution in [2.75, 3.05) is 39.4 Å². The third kappa shape index (κ3) is 4.18. The van der Waals surface area contributed by atoms with Crippen LogP contribution in [0.4, 0.5) is 0 Å². The highest BCUT2D eigenvalue weighted by molar-refractivity contribution is 5.78. The molecule has 1 heterocycles. The van der Waals surface area contributed by atoms with Gasteiger partial charge in [0.1, 0.15) is 0 Å². The van der Waals surface area contributed by atoms with Crippen LogP contribution in [0, 0.1) is 5.92 Å². The van der Waals surface area contributed by atoms with E-state index in [1.54, 1.807) is 0 Å². The predicted molar refractivity (Wildman–Crippen MR) is 59.7 cm³/mol. The van der Waals surface area contributed by atoms with E-state index < -0.39 is 0 Å². The smallest absolute Gasteiger partial charge is 0.226 e. The summed E-state index contributed by atoms with van der Waals surface area (Å²) in [5, 5.41) is 3.20. The third-order valence-electron chi connectivity index (χ3n) is 2.66. The van der Waals surface area contributed by atoms with Gasteiger partial charge in [-0.15, -0.1) is 0 Å². The van der Waals surface area contributed by atoms with Gasteiger partial charge in [-0.3, -0.25) is 4.79 Å². The van der Waals surface area contributed by atoms with Gasteiger partial charge in [0, 0.05) is 32.2 Å². The summed E-state index contributed by atoms with van der Waals surface area (Å²) in [5.41, 5.74) is 0. The first kappa shape index (κ1) is 12.5. The largest absolute Gasteiger partial charge is 0.380 e. The van der Waals surface area contributed by atoms with Crippen molar-refractivity contribution in [2.45, 2.75) is 20.3 Å². The van der Waals surface area contributed by atoms with Gasteiger partial charge in [-0.25, -0.2) is 0 Å². The normalized spacial score (nSPS) is 19.7. The fourth-order valence-electron chi connectivity index (χ4n) is 1.73. The highest BCUT2D eigenvalue weighted by atomic mass is 16.5. The minimum absolute atomic E-state index is 0.0723. The SMILES string of the molecule is CCNCC(C)C(=O)N1CCCOCC1. The Morgan fingerprint density at radius 2 is 2.27 bits per heavy atom. The number of nitrogens with one attached hydrogen (secondary N) is 1. The average Bonchev–Trinajstić information content (AvgIpc) is 2.53. The van der Waals surface area contributed by atoms with Crippen LogP contribution >= 0.6 is 0 Å². The fourth-order valence-corrected chi connectivity index (χ4v) is 1.73. The maximum atomic E-state index is 12.0. The molecule has 1 unspecified atom stereocenters. The van der Waals surface area contributed by atoms with Gasteiger partial charge >= 0.3 is 0 Å². The lowest BCUT2D eigenvalue weighted by Gasteiger charge is -2.23. The molecule has 1 saturated heterocycles. The van der Waals surface area contributed by atoms with Gasteiger partial charge in [0.15, 0.2) is 0 Å². The molecule has 1 amide bonds. The Labute approximate surface area is 92.0 Å². The predicted octanol–water partition coefficient (Wildman–Crippen LogP) is 0.481. The van der Waals surface area contributed by atoms with Gasteiger partial charge in [0.25, 0.3) is 0 Å². The number of hydrogen-bond acceptors (Lipinski definition) is 3. The van der Waals surface area contributed by atoms with Crippen molar-refractivity contribution in [3.05, 3.63) is 0 Å². The summed E-state index contributed by atoms with van der Waals surface area (Å²) in [6.45, 7) is 8.77. The van der Waals surface area contributed by atoms with Gasteiger partial charge < -0.3 is 15.0 Å². The molecule has 0 aliphatic carbocycles. The highest BCUT2D eigenvalue weighted by Gasteiger charge is 2.20. The lowest BCUT2D eigenvalue weighted by Crippen LogP contribution is -2.40. The van der Waals surface area contributed by atoms with E-state index in [1.807, 2.05) is 11.8 Å². The molecule has 0 aromatic heterocycles. The van der Waals surface area contributed by atoms with Crippen LogP contribution in [-0.2, 0) is 9.53 Å². The molecule has 1 rings (SSSR count). The second kappa shape index (κ2) is 6.80. The molecule has 88 valence electrons. The van der Waals surface area contributed by atoms with E-state index in [0.29, 0.717) is 6.61 Å². The van der Waals surface area contributed by atoms with Crippen LogP contribution in [-0.4, -0.2) is 50.2 Å². The molecule has 0 radical (unpaired) electrons. The molecule has 1 N–H and O–H groups in total. The highest BCUT2D eigenvalue weighted by Crippen LogP contribution is 2.05. The first-order chi connectivity index (χ1) is 7.25. The van der Waals surface area contributed by atoms with E-state index in [4.69, 9.17) is 4.74 Å². The minimum atomic E-state index is 0.0723. The zero-order valence-electron chi connectivity index (χ0n) is 9.79. The summed E-state index contributed by atoms with van der Waals surface area (Å²) in [4.78, 5) is 13.9. The maximum absolute atomic E-state index is 12.0. The zero-order valence-corrected chi connectivity index (χ0v) is 9.79. The number of nitrogens with zero attached hydrogens (tertiary/aromatic N) is 1. The molecule has 4 nitrogen and oxygen atoms in total. The van der Waals surface area contributed by atoms with Crippen molar-refractivity contribution in [1.82, 2.24) is 10.2 Å². The Bertz CT molecular complexity index is 189. The maximum Gasteiger partial charge on any atom is 0.226 e. The van der Waals surface area contributed by atoms with Crippen molar-refractivity contribution in [2.24, 2.45) is 5.92 Å². The molecular weight excluding hydrogens is 192 g/mol. The first-order valence-corrected chi connectivity index (χ1v) is 5.83. The summed E-state index contributed by atoms with van der Waals surface area (Å²) < 4.78 is 5.33. The van der Waals surface area contributed by atoms with Crippen LogP contribution in [0.15, 0.2) is 0 Å². The molecule has 1 aliphatic heterocycles. The molecule has 0 spiro atoms. The van der Waals surface area contributed by atoms with Gasteiger partial charge in [-0.05, 0) is 13.0 Å². The molecule has 15 heavy (non-hydrogen) atoms. The molecule has 0 aromatic carbocycles. The standard InChI is InChI=1S/C11H22N2O2/c1-3-12-9-10(2)11(14)13-5-4-7-15-8-6-13/h10,12H,3-9H2,1-2H3. The van der Waals surface area contributed by atoms with E-state index in [9.17, 15) is 4.79 Å². The first-order valence-electron chi connectivity index (χ1n) is 5.83. The summed E-state index contributed by atoms with van der Waals surface area (Å²) in [5.74, 6) is 0.324. The Morgan fingerprint density at radius 1 is 1.47 bits per heavy atom. The van der Waals surface area contributed by atoms with Crippen LogP contribution in [0.2, 0.25) is 0 Å². The molecular formula is C11H22N2O2. The molecule has 1 atom stereocenters. The Balaban J connectivity index is 2.35. The molecule has 0 saturated carbocycles. The number of amides is 1. The van der Waals surface area contributed by atoms with E-state index in [2.05, 4.69) is 12.2 Å². The van der Waals surface area contributed by atoms with E-state index in [1.165, 1.54) is 0 Å². The number of hydrogen-bond donors (Lipinski definition) is 1. The van der Waals surface area contributed by atoms with Crippen molar-refractivity contribution >= 4 is 5.91 Å². The summed E-state index contributed by atoms with van der Waals surface area (Å²) >= 11 is 0. The van der Waals surface area contributed by atoms with Crippen LogP contribution in [0.5, 0.6) is 0 Å². The fraction of sp³-hybridized carbons (Fsp3) is 0.909. The second-order valence-electron chi connectivity index (χ2n) is 4.00. The van der Waals surface area contributed by atoms with Gasteiger partial charge in [0.05, 0.1) is 6.61 Å². The topological polar surface area (TPSA) is 41.6 Å². The minimum Gasteiger partial charge on any atom is -0.380 e. The zero-order chi connectivity index (χ0) is 11.1. The third-order valence-corrected chi connectivity index (χ3v) is 2.66. The van der Waals surface area contributed by atoms with Gasteiger partial charge in [-0.2, -0.15) is 0 Å². The number of rotatable bonds is 4. The Kier molecular flexibility index (Phi) is 5.65. The number of ether oxygens (including phenoxy) is 1. The lowest BCUT2D eigenvalue weighted by molar-refractivity contribution is -0.134. The summed E-state index contributed by atoms with van der Waals surface area (Å²) in [7, 11) is 0. The number of carbonyl (C=O) groups excluding carboxylic acids is 1. The average molecular weight is 214 g/mol. The van der Waals surface area contributed by atoms with E-state index in [-0.39, 0.29) is 11.8 Å². The Morgan fingerprint density at radius 3 is 3.00 bits per heavy atom. The van der Waals surface area contributed by atoms with Crippen molar-refractivity contribution in [1.29, 1.82) is 0 Å². The van der Waals surface area contributed by atoms with Gasteiger partial charge in [-0.1, -0.05) is 13.8 Å². The van der Waals surface area contributed by atoms with E-state index in [0.717, 1.165) is 39.2 Å². The quantitative estimate of drug-likeness (QED) is 0.740. The summed E-state index contributed by atoms with van der Waals surface area (Å²) in [6, 6.07) is 0. The van der Waals surface area contributed by atoms with Crippen molar-refractivity contribution in [3.63, 3.8) is 0 Å². The van der Waals surface area contributed by atoms with Crippen molar-refractivity contribution in [3.8, 4) is 0 Å². The van der Waals surface area contributed by atoms with Gasteiger partial charge in [0.2, 0.25) is 5.91 Å². The lowest BCUT2D eigenvalue weighted by atomic mass is 10.1. The molecule has 1 fully saturated rings. The number of carbonyl (C=O) groups is 1. The Hall–Kier alpha value is -0.610. The molecule has 1 aliphatic rings.